The first-order valence-electron chi connectivity index (χ1n) is 6.72. The highest BCUT2D eigenvalue weighted by Crippen LogP contribution is 2.21. The Bertz CT molecular complexity index is 666. The largest absolute Gasteiger partial charge is 0.497 e. The van der Waals surface area contributed by atoms with Gasteiger partial charge in [-0.2, -0.15) is 15.6 Å². The van der Waals surface area contributed by atoms with Crippen molar-refractivity contribution in [1.82, 2.24) is 4.31 Å². The number of thiophene rings is 1. The Labute approximate surface area is 135 Å². The first-order chi connectivity index (χ1) is 10.6. The van der Waals surface area contributed by atoms with Crippen molar-refractivity contribution in [2.75, 3.05) is 27.4 Å². The first kappa shape index (κ1) is 17.0. The minimum Gasteiger partial charge on any atom is -0.497 e. The molecule has 0 aliphatic heterocycles. The molecule has 0 aliphatic carbocycles. The molecular formula is C15H19NO4S2. The van der Waals surface area contributed by atoms with Gasteiger partial charge in [-0.25, -0.2) is 8.42 Å². The summed E-state index contributed by atoms with van der Waals surface area (Å²) in [6, 6.07) is 8.33. The molecule has 1 aromatic carbocycles. The summed E-state index contributed by atoms with van der Waals surface area (Å²) in [5.41, 5.74) is 0.971. The second kappa shape index (κ2) is 7.73. The van der Waals surface area contributed by atoms with Crippen molar-refractivity contribution in [3.8, 4) is 5.75 Å². The summed E-state index contributed by atoms with van der Waals surface area (Å²) in [7, 11) is -0.467. The van der Waals surface area contributed by atoms with Crippen molar-refractivity contribution >= 4 is 21.4 Å². The zero-order valence-corrected chi connectivity index (χ0v) is 14.2. The maximum absolute atomic E-state index is 12.8. The van der Waals surface area contributed by atoms with E-state index in [2.05, 4.69) is 0 Å². The van der Waals surface area contributed by atoms with E-state index in [-0.39, 0.29) is 4.90 Å². The lowest BCUT2D eigenvalue weighted by Crippen LogP contribution is -2.33. The van der Waals surface area contributed by atoms with E-state index in [1.54, 1.807) is 49.8 Å². The summed E-state index contributed by atoms with van der Waals surface area (Å²) < 4.78 is 37.1. The topological polar surface area (TPSA) is 55.8 Å². The van der Waals surface area contributed by atoms with Crippen LogP contribution in [0.3, 0.4) is 0 Å². The zero-order valence-electron chi connectivity index (χ0n) is 12.6. The highest BCUT2D eigenvalue weighted by atomic mass is 32.2. The van der Waals surface area contributed by atoms with Gasteiger partial charge in [0.2, 0.25) is 10.0 Å². The third-order valence-electron chi connectivity index (χ3n) is 3.18. The Hall–Kier alpha value is -1.41. The fourth-order valence-corrected chi connectivity index (χ4v) is 4.03. The molecule has 0 atom stereocenters. The Balaban J connectivity index is 2.26. The van der Waals surface area contributed by atoms with Crippen LogP contribution in [0.15, 0.2) is 46.0 Å². The van der Waals surface area contributed by atoms with Crippen molar-refractivity contribution < 1.29 is 17.9 Å². The van der Waals surface area contributed by atoms with Crippen LogP contribution in [0.4, 0.5) is 0 Å². The molecule has 120 valence electrons. The van der Waals surface area contributed by atoms with Gasteiger partial charge < -0.3 is 9.47 Å². The summed E-state index contributed by atoms with van der Waals surface area (Å²) in [6.45, 7) is 0.988. The smallest absolute Gasteiger partial charge is 0.243 e. The van der Waals surface area contributed by atoms with Crippen LogP contribution in [0.2, 0.25) is 0 Å². The number of hydrogen-bond acceptors (Lipinski definition) is 5. The summed E-state index contributed by atoms with van der Waals surface area (Å²) in [5.74, 6) is 0.625. The molecule has 0 aliphatic rings. The van der Waals surface area contributed by atoms with Gasteiger partial charge in [0.1, 0.15) is 5.75 Å². The van der Waals surface area contributed by atoms with Gasteiger partial charge in [0.05, 0.1) is 18.6 Å². The van der Waals surface area contributed by atoms with Gasteiger partial charge in [0.25, 0.3) is 0 Å². The Morgan fingerprint density at radius 2 is 1.86 bits per heavy atom. The molecule has 22 heavy (non-hydrogen) atoms. The fourth-order valence-electron chi connectivity index (χ4n) is 1.96. The molecule has 0 N–H and O–H groups in total. The van der Waals surface area contributed by atoms with Gasteiger partial charge >= 0.3 is 0 Å². The van der Waals surface area contributed by atoms with Crippen molar-refractivity contribution in [3.05, 3.63) is 46.7 Å². The third kappa shape index (κ3) is 4.07. The molecule has 0 unspecified atom stereocenters. The highest BCUT2D eigenvalue weighted by Gasteiger charge is 2.24. The van der Waals surface area contributed by atoms with E-state index in [0.29, 0.717) is 25.4 Å². The summed E-state index contributed by atoms with van der Waals surface area (Å²) in [4.78, 5) is 0.250. The molecule has 2 rings (SSSR count). The second-order valence-corrected chi connectivity index (χ2v) is 7.36. The van der Waals surface area contributed by atoms with E-state index in [4.69, 9.17) is 9.47 Å². The maximum atomic E-state index is 12.8. The summed E-state index contributed by atoms with van der Waals surface area (Å²) >= 11 is 1.55. The predicted octanol–water partition coefficient (Wildman–Crippen LogP) is 2.59. The van der Waals surface area contributed by atoms with Crippen molar-refractivity contribution in [2.45, 2.75) is 11.4 Å². The Kier molecular flexibility index (Phi) is 5.96. The average molecular weight is 341 g/mol. The molecule has 2 aromatic rings. The summed E-state index contributed by atoms with van der Waals surface area (Å²) in [6.07, 6.45) is 0. The Morgan fingerprint density at radius 1 is 1.14 bits per heavy atom. The minimum atomic E-state index is -3.57. The van der Waals surface area contributed by atoms with Crippen LogP contribution in [0.1, 0.15) is 5.56 Å². The molecule has 0 bridgehead atoms. The number of ether oxygens (including phenoxy) is 2. The van der Waals surface area contributed by atoms with Gasteiger partial charge in [-0.1, -0.05) is 0 Å². The third-order valence-corrected chi connectivity index (χ3v) is 5.77. The Morgan fingerprint density at radius 3 is 2.41 bits per heavy atom. The molecule has 0 spiro atoms. The fraction of sp³-hybridized carbons (Fsp3) is 0.333. The van der Waals surface area contributed by atoms with Gasteiger partial charge in [0.15, 0.2) is 0 Å². The molecular weight excluding hydrogens is 322 g/mol. The number of rotatable bonds is 8. The zero-order chi connectivity index (χ0) is 16.0. The van der Waals surface area contributed by atoms with Crippen molar-refractivity contribution in [2.24, 2.45) is 0 Å². The normalized spacial score (nSPS) is 11.8. The average Bonchev–Trinajstić information content (AvgIpc) is 3.04. The van der Waals surface area contributed by atoms with E-state index in [9.17, 15) is 8.42 Å². The van der Waals surface area contributed by atoms with E-state index < -0.39 is 10.0 Å². The molecule has 0 radical (unpaired) electrons. The highest BCUT2D eigenvalue weighted by molar-refractivity contribution is 7.89. The minimum absolute atomic E-state index is 0.250. The van der Waals surface area contributed by atoms with Gasteiger partial charge in [-0.05, 0) is 46.7 Å². The quantitative estimate of drug-likeness (QED) is 0.740. The van der Waals surface area contributed by atoms with Crippen LogP contribution in [0, 0.1) is 0 Å². The van der Waals surface area contributed by atoms with Crippen LogP contribution in [0.25, 0.3) is 0 Å². The lowest BCUT2D eigenvalue weighted by Gasteiger charge is -2.21. The lowest BCUT2D eigenvalue weighted by atomic mass is 10.3. The van der Waals surface area contributed by atoms with Gasteiger partial charge in [-0.15, -0.1) is 0 Å². The SMILES string of the molecule is COCCN(Cc1ccsc1)S(=O)(=O)c1ccc(OC)cc1. The molecule has 5 nitrogen and oxygen atoms in total. The molecule has 0 amide bonds. The van der Waals surface area contributed by atoms with Crippen LogP contribution >= 0.6 is 11.3 Å². The number of nitrogens with zero attached hydrogens (tertiary/aromatic N) is 1. The van der Waals surface area contributed by atoms with E-state index in [0.717, 1.165) is 5.56 Å². The molecule has 1 aromatic heterocycles. The number of benzene rings is 1. The standard InChI is InChI=1S/C15H19NO4S2/c1-19-9-8-16(11-13-7-10-21-12-13)22(17,18)15-5-3-14(20-2)4-6-15/h3-7,10,12H,8-9,11H2,1-2H3. The molecule has 0 saturated heterocycles. The van der Waals surface area contributed by atoms with Crippen molar-refractivity contribution in [3.63, 3.8) is 0 Å². The van der Waals surface area contributed by atoms with Gasteiger partial charge in [-0.3, -0.25) is 0 Å². The number of sulfonamides is 1. The van der Waals surface area contributed by atoms with Crippen LogP contribution in [-0.2, 0) is 21.3 Å². The second-order valence-electron chi connectivity index (χ2n) is 4.64. The van der Waals surface area contributed by atoms with Crippen LogP contribution < -0.4 is 4.74 Å². The predicted molar refractivity (Wildman–Crippen MR) is 86.8 cm³/mol. The molecule has 0 saturated carbocycles. The van der Waals surface area contributed by atoms with E-state index in [1.165, 1.54) is 4.31 Å². The number of hydrogen-bond donors (Lipinski definition) is 0. The molecule has 1 heterocycles. The van der Waals surface area contributed by atoms with E-state index >= 15 is 0 Å². The first-order valence-corrected chi connectivity index (χ1v) is 9.10. The molecule has 7 heteroatoms. The van der Waals surface area contributed by atoms with Crippen LogP contribution in [0.5, 0.6) is 5.75 Å². The number of methoxy groups -OCH3 is 2. The molecule has 0 fully saturated rings. The summed E-state index contributed by atoms with van der Waals surface area (Å²) in [5, 5.41) is 3.88. The van der Waals surface area contributed by atoms with Gasteiger partial charge in [0, 0.05) is 20.2 Å². The van der Waals surface area contributed by atoms with Crippen molar-refractivity contribution in [1.29, 1.82) is 0 Å². The lowest BCUT2D eigenvalue weighted by molar-refractivity contribution is 0.177. The maximum Gasteiger partial charge on any atom is 0.243 e. The van der Waals surface area contributed by atoms with Crippen LogP contribution in [-0.4, -0.2) is 40.1 Å². The van der Waals surface area contributed by atoms with E-state index in [1.807, 2.05) is 16.8 Å². The monoisotopic (exact) mass is 341 g/mol.